The second-order valence-corrected chi connectivity index (χ2v) is 7.65. The maximum atomic E-state index is 12.5. The van der Waals surface area contributed by atoms with E-state index in [0.29, 0.717) is 10.4 Å². The summed E-state index contributed by atoms with van der Waals surface area (Å²) in [7, 11) is 2.92. The lowest BCUT2D eigenvalue weighted by Gasteiger charge is -2.13. The van der Waals surface area contributed by atoms with E-state index in [4.69, 9.17) is 9.47 Å². The third-order valence-corrected chi connectivity index (χ3v) is 5.19. The molecule has 0 amide bonds. The van der Waals surface area contributed by atoms with Gasteiger partial charge in [-0.2, -0.15) is 0 Å². The molecule has 1 aromatic carbocycles. The van der Waals surface area contributed by atoms with E-state index in [9.17, 15) is 9.90 Å². The van der Waals surface area contributed by atoms with Gasteiger partial charge in [-0.25, -0.2) is 4.98 Å². The fourth-order valence-corrected chi connectivity index (χ4v) is 3.25. The Labute approximate surface area is 151 Å². The number of hydrogen-bond acceptors (Lipinski definition) is 6. The van der Waals surface area contributed by atoms with Gasteiger partial charge in [-0.3, -0.25) is 4.79 Å². The van der Waals surface area contributed by atoms with E-state index in [1.54, 1.807) is 18.2 Å². The number of methoxy groups -OCH3 is 2. The van der Waals surface area contributed by atoms with Crippen LogP contribution in [-0.4, -0.2) is 30.1 Å². The van der Waals surface area contributed by atoms with Crippen LogP contribution in [0.1, 0.15) is 46.7 Å². The summed E-state index contributed by atoms with van der Waals surface area (Å²) < 4.78 is 10.2. The Morgan fingerprint density at radius 2 is 1.76 bits per heavy atom. The van der Waals surface area contributed by atoms with Gasteiger partial charge in [0.1, 0.15) is 0 Å². The molecule has 2 rings (SSSR count). The van der Waals surface area contributed by atoms with Crippen molar-refractivity contribution in [2.24, 2.45) is 0 Å². The molecule has 0 saturated heterocycles. The van der Waals surface area contributed by atoms with Crippen LogP contribution >= 0.6 is 11.3 Å². The van der Waals surface area contributed by atoms with Gasteiger partial charge in [0, 0.05) is 5.41 Å². The third kappa shape index (κ3) is 4.20. The van der Waals surface area contributed by atoms with Gasteiger partial charge >= 0.3 is 0 Å². The molecule has 134 valence electrons. The molecule has 2 aromatic rings. The van der Waals surface area contributed by atoms with E-state index in [1.807, 2.05) is 6.92 Å². The summed E-state index contributed by atoms with van der Waals surface area (Å²) >= 11 is 1.43. The van der Waals surface area contributed by atoms with Gasteiger partial charge in [-0.1, -0.05) is 26.8 Å². The lowest BCUT2D eigenvalue weighted by molar-refractivity contribution is 0.105. The SMILES string of the molecule is COc1cc(/C=C/C(=O)c2sc(C(C)(C)C)nc2C)cc(OC)c1O. The molecule has 1 heterocycles. The first-order chi connectivity index (χ1) is 11.7. The number of aromatic hydroxyl groups is 1. The molecule has 1 aromatic heterocycles. The highest BCUT2D eigenvalue weighted by Crippen LogP contribution is 2.37. The van der Waals surface area contributed by atoms with E-state index < -0.39 is 0 Å². The van der Waals surface area contributed by atoms with Crippen molar-refractivity contribution < 1.29 is 19.4 Å². The first-order valence-corrected chi connectivity index (χ1v) is 8.64. The Bertz CT molecular complexity index is 790. The molecule has 1 N–H and O–H groups in total. The Kier molecular flexibility index (Phi) is 5.52. The molecule has 0 unspecified atom stereocenters. The van der Waals surface area contributed by atoms with Crippen molar-refractivity contribution in [2.45, 2.75) is 33.1 Å². The summed E-state index contributed by atoms with van der Waals surface area (Å²) in [6.45, 7) is 8.07. The predicted molar refractivity (Wildman–Crippen MR) is 100 cm³/mol. The van der Waals surface area contributed by atoms with Gasteiger partial charge in [0.25, 0.3) is 0 Å². The number of carbonyl (C=O) groups is 1. The molecule has 0 aliphatic rings. The molecule has 0 radical (unpaired) electrons. The number of ether oxygens (including phenoxy) is 2. The molecule has 0 aliphatic heterocycles. The number of thiazole rings is 1. The summed E-state index contributed by atoms with van der Waals surface area (Å²) in [5.74, 6) is 0.406. The fraction of sp³-hybridized carbons (Fsp3) is 0.368. The normalized spacial score (nSPS) is 11.8. The second kappa shape index (κ2) is 7.27. The number of carbonyl (C=O) groups excluding carboxylic acids is 1. The van der Waals surface area contributed by atoms with Crippen LogP contribution in [0.3, 0.4) is 0 Å². The van der Waals surface area contributed by atoms with E-state index in [0.717, 1.165) is 10.7 Å². The van der Waals surface area contributed by atoms with Crippen molar-refractivity contribution in [1.29, 1.82) is 0 Å². The third-order valence-electron chi connectivity index (χ3n) is 3.59. The highest BCUT2D eigenvalue weighted by molar-refractivity contribution is 7.14. The van der Waals surface area contributed by atoms with E-state index >= 15 is 0 Å². The van der Waals surface area contributed by atoms with Crippen molar-refractivity contribution in [3.05, 3.63) is 39.4 Å². The molecule has 0 atom stereocenters. The van der Waals surface area contributed by atoms with Crippen molar-refractivity contribution in [3.8, 4) is 17.2 Å². The van der Waals surface area contributed by atoms with Crippen molar-refractivity contribution in [3.63, 3.8) is 0 Å². The fourth-order valence-electron chi connectivity index (χ4n) is 2.20. The number of phenolic OH excluding ortho intramolecular Hbond substituents is 1. The monoisotopic (exact) mass is 361 g/mol. The number of nitrogens with zero attached hydrogens (tertiary/aromatic N) is 1. The maximum Gasteiger partial charge on any atom is 0.200 e. The molecule has 6 heteroatoms. The summed E-state index contributed by atoms with van der Waals surface area (Å²) in [6.07, 6.45) is 3.17. The standard InChI is InChI=1S/C19H23NO4S/c1-11-17(25-18(20-11)19(2,3)4)13(21)8-7-12-9-14(23-5)16(22)15(10-12)24-6/h7-10,22H,1-6H3/b8-7+. The minimum atomic E-state index is -0.100. The van der Waals surface area contributed by atoms with Gasteiger partial charge in [0.05, 0.1) is 29.8 Å². The van der Waals surface area contributed by atoms with E-state index in [1.165, 1.54) is 31.6 Å². The Morgan fingerprint density at radius 3 is 2.20 bits per heavy atom. The Morgan fingerprint density at radius 1 is 1.20 bits per heavy atom. The number of aryl methyl sites for hydroxylation is 1. The number of hydrogen-bond donors (Lipinski definition) is 1. The van der Waals surface area contributed by atoms with Gasteiger partial charge in [-0.05, 0) is 30.7 Å². The highest BCUT2D eigenvalue weighted by Gasteiger charge is 2.22. The lowest BCUT2D eigenvalue weighted by Crippen LogP contribution is -2.10. The van der Waals surface area contributed by atoms with Crippen LogP contribution in [-0.2, 0) is 5.41 Å². The summed E-state index contributed by atoms with van der Waals surface area (Å²) in [4.78, 5) is 17.7. The zero-order valence-electron chi connectivity index (χ0n) is 15.3. The average Bonchev–Trinajstić information content (AvgIpc) is 2.95. The van der Waals surface area contributed by atoms with Gasteiger partial charge in [0.2, 0.25) is 5.75 Å². The summed E-state index contributed by atoms with van der Waals surface area (Å²) in [6, 6.07) is 3.28. The van der Waals surface area contributed by atoms with Crippen LogP contribution in [0.5, 0.6) is 17.2 Å². The second-order valence-electron chi connectivity index (χ2n) is 6.66. The molecule has 0 bridgehead atoms. The zero-order chi connectivity index (χ0) is 18.8. The molecule has 0 spiro atoms. The molecule has 25 heavy (non-hydrogen) atoms. The first-order valence-electron chi connectivity index (χ1n) is 7.82. The van der Waals surface area contributed by atoms with Crippen LogP contribution in [0.15, 0.2) is 18.2 Å². The van der Waals surface area contributed by atoms with Crippen LogP contribution in [0.25, 0.3) is 6.08 Å². The number of allylic oxidation sites excluding steroid dienone is 1. The number of rotatable bonds is 5. The van der Waals surface area contributed by atoms with Crippen LogP contribution in [0.4, 0.5) is 0 Å². The maximum absolute atomic E-state index is 12.5. The topological polar surface area (TPSA) is 68.7 Å². The van der Waals surface area contributed by atoms with Crippen LogP contribution in [0, 0.1) is 6.92 Å². The van der Waals surface area contributed by atoms with Crippen molar-refractivity contribution in [1.82, 2.24) is 4.98 Å². The molecule has 0 aliphatic carbocycles. The van der Waals surface area contributed by atoms with Crippen molar-refractivity contribution in [2.75, 3.05) is 14.2 Å². The number of aromatic nitrogens is 1. The molecular formula is C19H23NO4S. The molecular weight excluding hydrogens is 338 g/mol. The number of ketones is 1. The number of phenols is 1. The van der Waals surface area contributed by atoms with Gasteiger partial charge in [0.15, 0.2) is 17.3 Å². The molecule has 0 fully saturated rings. The molecule has 5 nitrogen and oxygen atoms in total. The highest BCUT2D eigenvalue weighted by atomic mass is 32.1. The zero-order valence-corrected chi connectivity index (χ0v) is 16.2. The largest absolute Gasteiger partial charge is 0.502 e. The number of benzene rings is 1. The quantitative estimate of drug-likeness (QED) is 0.633. The molecule has 0 saturated carbocycles. The van der Waals surface area contributed by atoms with Gasteiger partial charge < -0.3 is 14.6 Å². The van der Waals surface area contributed by atoms with Crippen molar-refractivity contribution >= 4 is 23.2 Å². The smallest absolute Gasteiger partial charge is 0.200 e. The summed E-state index contributed by atoms with van der Waals surface area (Å²) in [5.41, 5.74) is 1.35. The van der Waals surface area contributed by atoms with Gasteiger partial charge in [-0.15, -0.1) is 11.3 Å². The summed E-state index contributed by atoms with van der Waals surface area (Å²) in [5, 5.41) is 10.9. The van der Waals surface area contributed by atoms with Crippen LogP contribution in [0.2, 0.25) is 0 Å². The Hall–Kier alpha value is -2.34. The average molecular weight is 361 g/mol. The Balaban J connectivity index is 2.31. The first kappa shape index (κ1) is 19.0. The predicted octanol–water partition coefficient (Wildman–Crippen LogP) is 4.37. The van der Waals surface area contributed by atoms with E-state index in [2.05, 4.69) is 25.8 Å². The minimum Gasteiger partial charge on any atom is -0.502 e. The lowest BCUT2D eigenvalue weighted by atomic mass is 9.98. The minimum absolute atomic E-state index is 0.0680. The van der Waals surface area contributed by atoms with Crippen LogP contribution < -0.4 is 9.47 Å². The van der Waals surface area contributed by atoms with E-state index in [-0.39, 0.29) is 28.4 Å².